The first-order valence-corrected chi connectivity index (χ1v) is 7.57. The molecule has 24 heavy (non-hydrogen) atoms. The summed E-state index contributed by atoms with van der Waals surface area (Å²) in [6, 6.07) is 8.42. The number of ether oxygens (including phenoxy) is 3. The van der Waals surface area contributed by atoms with Crippen molar-refractivity contribution in [2.75, 3.05) is 6.61 Å². The number of carbonyl (C=O) groups is 1. The first-order chi connectivity index (χ1) is 11.6. The quantitative estimate of drug-likeness (QED) is 0.484. The highest BCUT2D eigenvalue weighted by Gasteiger charge is 2.49. The molecule has 2 N–H and O–H groups in total. The molecule has 0 aromatic heterocycles. The van der Waals surface area contributed by atoms with Crippen LogP contribution < -0.4 is 5.32 Å². The average molecular weight is 334 g/mol. The average Bonchev–Trinajstić information content (AvgIpc) is 2.59. The minimum Gasteiger partial charge on any atom is -0.388 e. The second-order valence-electron chi connectivity index (χ2n) is 5.66. The largest absolute Gasteiger partial charge is 0.388 e. The van der Waals surface area contributed by atoms with Gasteiger partial charge in [0.2, 0.25) is 5.91 Å². The molecule has 0 aliphatic carbocycles. The predicted octanol–water partition coefficient (Wildman–Crippen LogP) is 1.00. The first-order valence-electron chi connectivity index (χ1n) is 7.57. The maximum Gasteiger partial charge on any atom is 0.217 e. The standard InChI is InChI=1S/C15H18N4O5/c1-8(20)17-11-12(21)13-10(23-14(11)18-19-16)7-22-15(24-13)9-5-3-2-4-6-9/h2-6,10-15,21H,7H2,1H3,(H,17,20)/t10-,11-,12+,13+,14+,15+/m1/s1. The van der Waals surface area contributed by atoms with Crippen LogP contribution in [0.4, 0.5) is 0 Å². The molecule has 0 radical (unpaired) electrons. The van der Waals surface area contributed by atoms with Crippen LogP contribution in [0.15, 0.2) is 35.4 Å². The summed E-state index contributed by atoms with van der Waals surface area (Å²) in [4.78, 5) is 14.1. The molecule has 3 rings (SSSR count). The van der Waals surface area contributed by atoms with Gasteiger partial charge in [-0.25, -0.2) is 0 Å². The van der Waals surface area contributed by atoms with E-state index in [1.54, 1.807) is 0 Å². The van der Waals surface area contributed by atoms with Crippen LogP contribution >= 0.6 is 0 Å². The highest BCUT2D eigenvalue weighted by atomic mass is 16.7. The van der Waals surface area contributed by atoms with Gasteiger partial charge in [-0.05, 0) is 5.53 Å². The number of azide groups is 1. The van der Waals surface area contributed by atoms with Crippen molar-refractivity contribution >= 4 is 5.91 Å². The van der Waals surface area contributed by atoms with Gasteiger partial charge < -0.3 is 24.6 Å². The number of rotatable bonds is 3. The molecular weight excluding hydrogens is 316 g/mol. The second-order valence-corrected chi connectivity index (χ2v) is 5.66. The fraction of sp³-hybridized carbons (Fsp3) is 0.533. The highest BCUT2D eigenvalue weighted by Crippen LogP contribution is 2.34. The van der Waals surface area contributed by atoms with Gasteiger partial charge in [-0.15, -0.1) is 0 Å². The molecule has 128 valence electrons. The Morgan fingerprint density at radius 1 is 1.38 bits per heavy atom. The van der Waals surface area contributed by atoms with E-state index < -0.39 is 36.9 Å². The fourth-order valence-electron chi connectivity index (χ4n) is 2.93. The van der Waals surface area contributed by atoms with Gasteiger partial charge in [0.05, 0.1) is 12.6 Å². The third kappa shape index (κ3) is 3.35. The van der Waals surface area contributed by atoms with Crippen molar-refractivity contribution < 1.29 is 24.1 Å². The molecule has 2 aliphatic rings. The van der Waals surface area contributed by atoms with Gasteiger partial charge in [-0.2, -0.15) is 0 Å². The molecule has 2 aliphatic heterocycles. The maximum absolute atomic E-state index is 11.4. The Morgan fingerprint density at radius 3 is 2.79 bits per heavy atom. The number of hydrogen-bond donors (Lipinski definition) is 2. The first kappa shape index (κ1) is 16.7. The van der Waals surface area contributed by atoms with Gasteiger partial charge >= 0.3 is 0 Å². The lowest BCUT2D eigenvalue weighted by Crippen LogP contribution is -2.65. The lowest BCUT2D eigenvalue weighted by atomic mass is 9.95. The number of fused-ring (bicyclic) bond motifs is 1. The predicted molar refractivity (Wildman–Crippen MR) is 81.4 cm³/mol. The SMILES string of the molecule is CC(=O)N[C@@H]1[C@H](O)[C@H]2O[C@@H](c3ccccc3)OC[C@H]2O[C@@H]1N=[N+]=[N-]. The Labute approximate surface area is 138 Å². The van der Waals surface area contributed by atoms with Gasteiger partial charge in [-0.3, -0.25) is 4.79 Å². The Balaban J connectivity index is 1.79. The number of aliphatic hydroxyl groups is 1. The van der Waals surface area contributed by atoms with E-state index in [4.69, 9.17) is 19.7 Å². The number of aliphatic hydroxyl groups excluding tert-OH is 1. The second kappa shape index (κ2) is 7.16. The molecule has 1 amide bonds. The summed E-state index contributed by atoms with van der Waals surface area (Å²) in [6.07, 6.45) is -4.08. The van der Waals surface area contributed by atoms with Gasteiger partial charge in [0.25, 0.3) is 0 Å². The lowest BCUT2D eigenvalue weighted by Gasteiger charge is -2.47. The van der Waals surface area contributed by atoms with Crippen LogP contribution in [0, 0.1) is 0 Å². The summed E-state index contributed by atoms with van der Waals surface area (Å²) in [7, 11) is 0. The molecule has 2 fully saturated rings. The molecular formula is C15H18N4O5. The van der Waals surface area contributed by atoms with E-state index in [-0.39, 0.29) is 12.5 Å². The Hall–Kier alpha value is -2.16. The summed E-state index contributed by atoms with van der Waals surface area (Å²) in [5.41, 5.74) is 9.48. The van der Waals surface area contributed by atoms with Crippen molar-refractivity contribution in [1.82, 2.24) is 5.32 Å². The third-order valence-electron chi connectivity index (χ3n) is 3.99. The number of carbonyl (C=O) groups excluding carboxylic acids is 1. The van der Waals surface area contributed by atoms with E-state index in [0.29, 0.717) is 0 Å². The molecule has 0 unspecified atom stereocenters. The van der Waals surface area contributed by atoms with Crippen LogP contribution in [-0.2, 0) is 19.0 Å². The van der Waals surface area contributed by atoms with Crippen molar-refractivity contribution in [1.29, 1.82) is 0 Å². The summed E-state index contributed by atoms with van der Waals surface area (Å²) < 4.78 is 17.1. The molecule has 1 aromatic carbocycles. The molecule has 0 spiro atoms. The molecule has 9 heteroatoms. The maximum atomic E-state index is 11.4. The number of nitrogens with zero attached hydrogens (tertiary/aromatic N) is 3. The Morgan fingerprint density at radius 2 is 2.12 bits per heavy atom. The third-order valence-corrected chi connectivity index (χ3v) is 3.99. The molecule has 2 saturated heterocycles. The van der Waals surface area contributed by atoms with Gasteiger partial charge in [-0.1, -0.05) is 35.4 Å². The van der Waals surface area contributed by atoms with Crippen LogP contribution in [0.1, 0.15) is 18.8 Å². The minimum absolute atomic E-state index is 0.172. The van der Waals surface area contributed by atoms with Crippen LogP contribution in [0.5, 0.6) is 0 Å². The Kier molecular flexibility index (Phi) is 4.98. The summed E-state index contributed by atoms with van der Waals surface area (Å²) in [6.45, 7) is 1.48. The van der Waals surface area contributed by atoms with Crippen LogP contribution in [0.3, 0.4) is 0 Å². The van der Waals surface area contributed by atoms with E-state index in [9.17, 15) is 9.90 Å². The van der Waals surface area contributed by atoms with Crippen LogP contribution in [0.2, 0.25) is 0 Å². The molecule has 9 nitrogen and oxygen atoms in total. The lowest BCUT2D eigenvalue weighted by molar-refractivity contribution is -0.314. The molecule has 2 heterocycles. The number of benzene rings is 1. The fourth-order valence-corrected chi connectivity index (χ4v) is 2.93. The summed E-state index contributed by atoms with van der Waals surface area (Å²) in [5.74, 6) is -0.370. The van der Waals surface area contributed by atoms with Crippen molar-refractivity contribution in [3.05, 3.63) is 46.3 Å². The van der Waals surface area contributed by atoms with E-state index in [0.717, 1.165) is 5.56 Å². The number of hydrogen-bond acceptors (Lipinski definition) is 6. The zero-order chi connectivity index (χ0) is 17.1. The molecule has 0 saturated carbocycles. The van der Waals surface area contributed by atoms with Crippen molar-refractivity contribution in [2.45, 2.75) is 43.8 Å². The monoisotopic (exact) mass is 334 g/mol. The van der Waals surface area contributed by atoms with Crippen molar-refractivity contribution in [3.8, 4) is 0 Å². The molecule has 1 aromatic rings. The van der Waals surface area contributed by atoms with E-state index in [1.807, 2.05) is 30.3 Å². The zero-order valence-corrected chi connectivity index (χ0v) is 13.0. The van der Waals surface area contributed by atoms with Crippen molar-refractivity contribution in [2.24, 2.45) is 5.11 Å². The van der Waals surface area contributed by atoms with E-state index in [2.05, 4.69) is 15.3 Å². The number of nitrogens with one attached hydrogen (secondary N) is 1. The summed E-state index contributed by atoms with van der Waals surface area (Å²) in [5, 5.41) is 16.7. The van der Waals surface area contributed by atoms with Crippen LogP contribution in [0.25, 0.3) is 10.4 Å². The molecule has 0 bridgehead atoms. The normalized spacial score (nSPS) is 35.4. The zero-order valence-electron chi connectivity index (χ0n) is 13.0. The minimum atomic E-state index is -1.10. The number of amides is 1. The highest BCUT2D eigenvalue weighted by molar-refractivity contribution is 5.73. The van der Waals surface area contributed by atoms with E-state index >= 15 is 0 Å². The molecule has 6 atom stereocenters. The van der Waals surface area contributed by atoms with Gasteiger partial charge in [0.15, 0.2) is 12.5 Å². The van der Waals surface area contributed by atoms with Crippen LogP contribution in [-0.4, -0.2) is 48.2 Å². The Bertz CT molecular complexity index is 636. The van der Waals surface area contributed by atoms with Gasteiger partial charge in [0.1, 0.15) is 18.3 Å². The van der Waals surface area contributed by atoms with Crippen molar-refractivity contribution in [3.63, 3.8) is 0 Å². The smallest absolute Gasteiger partial charge is 0.217 e. The summed E-state index contributed by atoms with van der Waals surface area (Å²) >= 11 is 0. The van der Waals surface area contributed by atoms with Gasteiger partial charge in [0, 0.05) is 17.4 Å². The van der Waals surface area contributed by atoms with E-state index in [1.165, 1.54) is 6.92 Å². The topological polar surface area (TPSA) is 126 Å².